The largest absolute Gasteiger partial charge is 0.394 e. The van der Waals surface area contributed by atoms with E-state index in [9.17, 15) is 8.42 Å². The summed E-state index contributed by atoms with van der Waals surface area (Å²) in [5, 5.41) is 13.2. The molecule has 0 aliphatic carbocycles. The summed E-state index contributed by atoms with van der Waals surface area (Å²) in [6.07, 6.45) is 1.74. The van der Waals surface area contributed by atoms with Gasteiger partial charge in [0.15, 0.2) is 0 Å². The molecule has 0 radical (unpaired) electrons. The Balaban J connectivity index is 2.24. The summed E-state index contributed by atoms with van der Waals surface area (Å²) in [5.41, 5.74) is 1.06. The molecule has 2 rings (SSSR count). The minimum atomic E-state index is -3.54. The fraction of sp³-hybridized carbons (Fsp3) is 0.750. The molecule has 0 atom stereocenters. The Bertz CT molecular complexity index is 563. The number of hydrogen-bond donors (Lipinski definition) is 2. The Hall–Kier alpha value is -0.570. The molecule has 2 N–H and O–H groups in total. The van der Waals surface area contributed by atoms with Gasteiger partial charge >= 0.3 is 0 Å². The van der Waals surface area contributed by atoms with Crippen molar-refractivity contribution in [3.8, 4) is 0 Å². The van der Waals surface area contributed by atoms with Gasteiger partial charge in [-0.05, 0) is 38.2 Å². The molecule has 20 heavy (non-hydrogen) atoms. The van der Waals surface area contributed by atoms with Gasteiger partial charge < -0.3 is 5.11 Å². The molecule has 6 nitrogen and oxygen atoms in total. The fourth-order valence-corrected chi connectivity index (χ4v) is 5.30. The number of thioether (sulfide) groups is 1. The fourth-order valence-electron chi connectivity index (χ4n) is 2.48. The molecule has 2 heterocycles. The zero-order chi connectivity index (χ0) is 14.8. The molecule has 8 heteroatoms. The number of aliphatic hydroxyl groups is 1. The maximum Gasteiger partial charge on any atom is 0.244 e. The van der Waals surface area contributed by atoms with Gasteiger partial charge in [0.2, 0.25) is 10.0 Å². The van der Waals surface area contributed by atoms with E-state index in [0.29, 0.717) is 17.9 Å². The molecule has 0 spiro atoms. The van der Waals surface area contributed by atoms with Crippen LogP contribution in [0, 0.1) is 13.8 Å². The maximum absolute atomic E-state index is 12.5. The van der Waals surface area contributed by atoms with Gasteiger partial charge in [-0.2, -0.15) is 16.9 Å². The lowest BCUT2D eigenvalue weighted by molar-refractivity contribution is 0.267. The molecule has 1 aromatic rings. The summed E-state index contributed by atoms with van der Waals surface area (Å²) >= 11 is 1.86. The normalized spacial score (nSPS) is 17.6. The lowest BCUT2D eigenvalue weighted by atomic mass is 10.2. The zero-order valence-corrected chi connectivity index (χ0v) is 13.4. The van der Waals surface area contributed by atoms with E-state index in [1.165, 1.54) is 0 Å². The van der Waals surface area contributed by atoms with E-state index in [4.69, 9.17) is 5.11 Å². The summed E-state index contributed by atoms with van der Waals surface area (Å²) in [7, 11) is -3.54. The number of hydrogen-bond acceptors (Lipinski definition) is 5. The number of aromatic nitrogens is 2. The second kappa shape index (κ2) is 6.46. The summed E-state index contributed by atoms with van der Waals surface area (Å²) < 4.78 is 29.4. The van der Waals surface area contributed by atoms with Crippen molar-refractivity contribution in [1.82, 2.24) is 14.5 Å². The van der Waals surface area contributed by atoms with Crippen LogP contribution in [0.5, 0.6) is 0 Å². The van der Waals surface area contributed by atoms with Crippen molar-refractivity contribution in [2.75, 3.05) is 18.1 Å². The smallest absolute Gasteiger partial charge is 0.244 e. The molecule has 1 aliphatic heterocycles. The Morgan fingerprint density at radius 2 is 2.05 bits per heavy atom. The maximum atomic E-state index is 12.5. The highest BCUT2D eigenvalue weighted by atomic mass is 32.2. The Morgan fingerprint density at radius 1 is 1.40 bits per heavy atom. The average Bonchev–Trinajstić information content (AvgIpc) is 2.66. The minimum absolute atomic E-state index is 0.0150. The molecular formula is C12H21N3O3S2. The number of nitrogens with one attached hydrogen (secondary N) is 1. The molecule has 1 aliphatic rings. The van der Waals surface area contributed by atoms with Crippen molar-refractivity contribution in [2.24, 2.45) is 0 Å². The van der Waals surface area contributed by atoms with Gasteiger partial charge in [0.1, 0.15) is 4.90 Å². The van der Waals surface area contributed by atoms with E-state index in [-0.39, 0.29) is 17.5 Å². The van der Waals surface area contributed by atoms with Crippen LogP contribution < -0.4 is 4.72 Å². The van der Waals surface area contributed by atoms with Gasteiger partial charge in [0, 0.05) is 6.04 Å². The minimum Gasteiger partial charge on any atom is -0.394 e. The van der Waals surface area contributed by atoms with E-state index in [1.807, 2.05) is 11.8 Å². The predicted molar refractivity (Wildman–Crippen MR) is 79.5 cm³/mol. The highest BCUT2D eigenvalue weighted by Gasteiger charge is 2.27. The monoisotopic (exact) mass is 319 g/mol. The SMILES string of the molecule is Cc1nn(CCO)c(C)c1S(=O)(=O)NC1CCSCC1. The van der Waals surface area contributed by atoms with Crippen LogP contribution in [-0.2, 0) is 16.6 Å². The molecule has 0 bridgehead atoms. The van der Waals surface area contributed by atoms with Crippen LogP contribution in [-0.4, -0.2) is 47.5 Å². The van der Waals surface area contributed by atoms with Gasteiger partial charge in [-0.25, -0.2) is 13.1 Å². The second-order valence-electron chi connectivity index (χ2n) is 4.95. The quantitative estimate of drug-likeness (QED) is 0.833. The summed E-state index contributed by atoms with van der Waals surface area (Å²) in [5.74, 6) is 1.99. The van der Waals surface area contributed by atoms with Gasteiger partial charge in [0.25, 0.3) is 0 Å². The summed E-state index contributed by atoms with van der Waals surface area (Å²) in [4.78, 5) is 0.254. The van der Waals surface area contributed by atoms with Crippen molar-refractivity contribution in [3.05, 3.63) is 11.4 Å². The number of aryl methyl sites for hydroxylation is 1. The number of aliphatic hydroxyl groups excluding tert-OH is 1. The third kappa shape index (κ3) is 3.36. The summed E-state index contributed by atoms with van der Waals surface area (Å²) in [6, 6.07) is 0.0150. The number of nitrogens with zero attached hydrogens (tertiary/aromatic N) is 2. The molecule has 0 amide bonds. The predicted octanol–water partition coefficient (Wildman–Crippen LogP) is 0.666. The Kier molecular flexibility index (Phi) is 5.11. The van der Waals surface area contributed by atoms with Crippen molar-refractivity contribution in [3.63, 3.8) is 0 Å². The molecular weight excluding hydrogens is 298 g/mol. The van der Waals surface area contributed by atoms with Crippen LogP contribution in [0.4, 0.5) is 0 Å². The van der Waals surface area contributed by atoms with E-state index >= 15 is 0 Å². The standard InChI is InChI=1S/C12H21N3O3S2/c1-9-12(10(2)15(13-9)5-6-16)20(17,18)14-11-3-7-19-8-4-11/h11,14,16H,3-8H2,1-2H3. The van der Waals surface area contributed by atoms with E-state index in [0.717, 1.165) is 24.3 Å². The molecule has 1 saturated heterocycles. The van der Waals surface area contributed by atoms with E-state index in [1.54, 1.807) is 18.5 Å². The van der Waals surface area contributed by atoms with Crippen LogP contribution in [0.3, 0.4) is 0 Å². The van der Waals surface area contributed by atoms with Gasteiger partial charge in [-0.1, -0.05) is 0 Å². The molecule has 0 saturated carbocycles. The second-order valence-corrected chi connectivity index (χ2v) is 7.83. The van der Waals surface area contributed by atoms with E-state index in [2.05, 4.69) is 9.82 Å². The van der Waals surface area contributed by atoms with Crippen molar-refractivity contribution in [2.45, 2.75) is 44.2 Å². The van der Waals surface area contributed by atoms with Crippen LogP contribution >= 0.6 is 11.8 Å². The molecule has 1 fully saturated rings. The number of rotatable bonds is 5. The first-order chi connectivity index (χ1) is 9.45. The first kappa shape index (κ1) is 15.8. The van der Waals surface area contributed by atoms with Gasteiger partial charge in [-0.3, -0.25) is 4.68 Å². The number of sulfonamides is 1. The highest BCUT2D eigenvalue weighted by Crippen LogP contribution is 2.23. The zero-order valence-electron chi connectivity index (χ0n) is 11.8. The van der Waals surface area contributed by atoms with Crippen molar-refractivity contribution < 1.29 is 13.5 Å². The Morgan fingerprint density at radius 3 is 2.65 bits per heavy atom. The lowest BCUT2D eigenvalue weighted by Crippen LogP contribution is -2.37. The van der Waals surface area contributed by atoms with Crippen LogP contribution in [0.1, 0.15) is 24.2 Å². The van der Waals surface area contributed by atoms with Crippen LogP contribution in [0.15, 0.2) is 4.90 Å². The first-order valence-electron chi connectivity index (χ1n) is 6.70. The van der Waals surface area contributed by atoms with Gasteiger partial charge in [0.05, 0.1) is 24.5 Å². The van der Waals surface area contributed by atoms with Gasteiger partial charge in [-0.15, -0.1) is 0 Å². The van der Waals surface area contributed by atoms with Crippen molar-refractivity contribution in [1.29, 1.82) is 0 Å². The highest BCUT2D eigenvalue weighted by molar-refractivity contribution is 7.99. The topological polar surface area (TPSA) is 84.2 Å². The first-order valence-corrected chi connectivity index (χ1v) is 9.34. The molecule has 0 unspecified atom stereocenters. The molecule has 1 aromatic heterocycles. The lowest BCUT2D eigenvalue weighted by Gasteiger charge is -2.22. The van der Waals surface area contributed by atoms with Crippen molar-refractivity contribution >= 4 is 21.8 Å². The third-order valence-corrected chi connectivity index (χ3v) is 6.26. The van der Waals surface area contributed by atoms with Crippen LogP contribution in [0.25, 0.3) is 0 Å². The van der Waals surface area contributed by atoms with E-state index < -0.39 is 10.0 Å². The third-order valence-electron chi connectivity index (χ3n) is 3.44. The molecule has 114 valence electrons. The summed E-state index contributed by atoms with van der Waals surface area (Å²) in [6.45, 7) is 3.66. The van der Waals surface area contributed by atoms with Crippen LogP contribution in [0.2, 0.25) is 0 Å². The average molecular weight is 319 g/mol. The Labute approximate surface area is 124 Å². The molecule has 0 aromatic carbocycles.